The van der Waals surface area contributed by atoms with Gasteiger partial charge >= 0.3 is 6.18 Å². The topological polar surface area (TPSA) is 37.8 Å². The molecule has 0 amide bonds. The number of hydrogen-bond acceptors (Lipinski definition) is 3. The fraction of sp³-hybridized carbons (Fsp3) is 0.333. The Hall–Kier alpha value is -2.11. The van der Waals surface area contributed by atoms with Gasteiger partial charge in [0.15, 0.2) is 0 Å². The lowest BCUT2D eigenvalue weighted by Crippen LogP contribution is -2.06. The predicted octanol–water partition coefficient (Wildman–Crippen LogP) is 4.21. The van der Waals surface area contributed by atoms with Gasteiger partial charge in [-0.15, -0.1) is 0 Å². The molecule has 1 heterocycles. The summed E-state index contributed by atoms with van der Waals surface area (Å²) in [7, 11) is 0. The Bertz CT molecular complexity index is 651. The second-order valence-corrected chi connectivity index (χ2v) is 4.74. The number of hydrogen-bond donors (Lipinski definition) is 1. The molecule has 0 aliphatic rings. The van der Waals surface area contributed by atoms with Gasteiger partial charge in [-0.3, -0.25) is 0 Å². The maximum atomic E-state index is 12.7. The van der Waals surface area contributed by atoms with Gasteiger partial charge in [0.25, 0.3) is 0 Å². The lowest BCUT2D eigenvalue weighted by atomic mass is 10.0. The van der Waals surface area contributed by atoms with Crippen LogP contribution in [0.1, 0.15) is 23.9 Å². The molecule has 1 aromatic carbocycles. The molecule has 0 spiro atoms. The Labute approximate surface area is 121 Å². The summed E-state index contributed by atoms with van der Waals surface area (Å²) < 4.78 is 38.1. The molecule has 1 N–H and O–H groups in total. The van der Waals surface area contributed by atoms with Gasteiger partial charge in [0.1, 0.15) is 11.6 Å². The molecule has 21 heavy (non-hydrogen) atoms. The fourth-order valence-corrected chi connectivity index (χ4v) is 2.10. The van der Waals surface area contributed by atoms with E-state index in [2.05, 4.69) is 15.3 Å². The molecule has 6 heteroatoms. The summed E-state index contributed by atoms with van der Waals surface area (Å²) >= 11 is 0. The van der Waals surface area contributed by atoms with E-state index in [0.717, 1.165) is 12.1 Å². The van der Waals surface area contributed by atoms with E-state index < -0.39 is 11.7 Å². The summed E-state index contributed by atoms with van der Waals surface area (Å²) in [5.41, 5.74) is 1.17. The molecule has 0 aliphatic heterocycles. The van der Waals surface area contributed by atoms with Gasteiger partial charge in [0, 0.05) is 18.2 Å². The molecule has 112 valence electrons. The summed E-state index contributed by atoms with van der Waals surface area (Å²) in [5.74, 6) is 1.24. The smallest absolute Gasteiger partial charge is 0.370 e. The van der Waals surface area contributed by atoms with Crippen molar-refractivity contribution in [3.05, 3.63) is 41.2 Å². The summed E-state index contributed by atoms with van der Waals surface area (Å²) in [6.07, 6.45) is -4.33. The third-order valence-electron chi connectivity index (χ3n) is 3.03. The highest BCUT2D eigenvalue weighted by Crippen LogP contribution is 2.33. The minimum Gasteiger partial charge on any atom is -0.370 e. The number of benzene rings is 1. The third kappa shape index (κ3) is 3.51. The summed E-state index contributed by atoms with van der Waals surface area (Å²) in [6, 6.07) is 5.41. The summed E-state index contributed by atoms with van der Waals surface area (Å²) in [5, 5.41) is 3.08. The zero-order valence-corrected chi connectivity index (χ0v) is 12.0. The molecular weight excluding hydrogens is 279 g/mol. The van der Waals surface area contributed by atoms with Gasteiger partial charge in [0.2, 0.25) is 0 Å². The van der Waals surface area contributed by atoms with Gasteiger partial charge in [-0.2, -0.15) is 13.2 Å². The molecule has 2 rings (SSSR count). The second-order valence-electron chi connectivity index (χ2n) is 4.74. The normalized spacial score (nSPS) is 11.5. The van der Waals surface area contributed by atoms with Crippen LogP contribution in [0.15, 0.2) is 24.3 Å². The van der Waals surface area contributed by atoms with Crippen LogP contribution in [0.25, 0.3) is 11.3 Å². The van der Waals surface area contributed by atoms with Gasteiger partial charge in [-0.25, -0.2) is 9.97 Å². The predicted molar refractivity (Wildman–Crippen MR) is 76.1 cm³/mol. The van der Waals surface area contributed by atoms with Crippen molar-refractivity contribution >= 4 is 5.82 Å². The van der Waals surface area contributed by atoms with E-state index in [1.807, 2.05) is 6.92 Å². The molecule has 0 saturated heterocycles. The Morgan fingerprint density at radius 3 is 2.38 bits per heavy atom. The minimum atomic E-state index is -4.33. The SMILES string of the molecule is CCNc1cc(-c2ccc(C(F)(F)F)cc2C)nc(C)n1. The molecule has 0 saturated carbocycles. The van der Waals surface area contributed by atoms with Crippen LogP contribution < -0.4 is 5.32 Å². The number of nitrogens with zero attached hydrogens (tertiary/aromatic N) is 2. The highest BCUT2D eigenvalue weighted by atomic mass is 19.4. The number of aromatic nitrogens is 2. The summed E-state index contributed by atoms with van der Waals surface area (Å²) in [4.78, 5) is 8.54. The minimum absolute atomic E-state index is 0.533. The molecule has 0 aliphatic carbocycles. The van der Waals surface area contributed by atoms with Gasteiger partial charge in [0.05, 0.1) is 11.3 Å². The molecule has 0 fully saturated rings. The van der Waals surface area contributed by atoms with E-state index in [4.69, 9.17) is 0 Å². The Morgan fingerprint density at radius 1 is 1.10 bits per heavy atom. The zero-order chi connectivity index (χ0) is 15.6. The first-order chi connectivity index (χ1) is 9.81. The molecule has 0 bridgehead atoms. The van der Waals surface area contributed by atoms with Crippen molar-refractivity contribution in [2.24, 2.45) is 0 Å². The van der Waals surface area contributed by atoms with Crippen molar-refractivity contribution in [3.63, 3.8) is 0 Å². The first kappa shape index (κ1) is 15.3. The van der Waals surface area contributed by atoms with Crippen LogP contribution in [-0.2, 0) is 6.18 Å². The highest BCUT2D eigenvalue weighted by molar-refractivity contribution is 5.66. The van der Waals surface area contributed by atoms with Crippen LogP contribution in [-0.4, -0.2) is 16.5 Å². The van der Waals surface area contributed by atoms with Crippen molar-refractivity contribution < 1.29 is 13.2 Å². The van der Waals surface area contributed by atoms with Crippen LogP contribution in [0.2, 0.25) is 0 Å². The maximum absolute atomic E-state index is 12.7. The monoisotopic (exact) mass is 295 g/mol. The number of rotatable bonds is 3. The largest absolute Gasteiger partial charge is 0.416 e. The van der Waals surface area contributed by atoms with E-state index in [1.54, 1.807) is 19.9 Å². The lowest BCUT2D eigenvalue weighted by Gasteiger charge is -2.12. The van der Waals surface area contributed by atoms with Crippen molar-refractivity contribution in [3.8, 4) is 11.3 Å². The van der Waals surface area contributed by atoms with Crippen LogP contribution in [0.4, 0.5) is 19.0 Å². The fourth-order valence-electron chi connectivity index (χ4n) is 2.10. The lowest BCUT2D eigenvalue weighted by molar-refractivity contribution is -0.137. The molecule has 0 unspecified atom stereocenters. The molecular formula is C15H16F3N3. The standard InChI is InChI=1S/C15H16F3N3/c1-4-19-14-8-13(20-10(3)21-14)12-6-5-11(7-9(12)2)15(16,17)18/h5-8H,4H2,1-3H3,(H,19,20,21). The molecule has 0 atom stereocenters. The molecule has 1 aromatic heterocycles. The number of nitrogens with one attached hydrogen (secondary N) is 1. The van der Waals surface area contributed by atoms with Crippen LogP contribution in [0.5, 0.6) is 0 Å². The van der Waals surface area contributed by atoms with Gasteiger partial charge < -0.3 is 5.32 Å². The van der Waals surface area contributed by atoms with Gasteiger partial charge in [-0.1, -0.05) is 6.07 Å². The number of aryl methyl sites for hydroxylation is 2. The van der Waals surface area contributed by atoms with E-state index in [0.29, 0.717) is 35.0 Å². The first-order valence-electron chi connectivity index (χ1n) is 6.59. The molecule has 2 aromatic rings. The number of anilines is 1. The van der Waals surface area contributed by atoms with Crippen LogP contribution >= 0.6 is 0 Å². The van der Waals surface area contributed by atoms with Crippen molar-refractivity contribution in [1.29, 1.82) is 0 Å². The van der Waals surface area contributed by atoms with E-state index in [9.17, 15) is 13.2 Å². The third-order valence-corrected chi connectivity index (χ3v) is 3.03. The summed E-state index contributed by atoms with van der Waals surface area (Å²) in [6.45, 7) is 6.06. The van der Waals surface area contributed by atoms with E-state index in [1.165, 1.54) is 6.07 Å². The highest BCUT2D eigenvalue weighted by Gasteiger charge is 2.30. The molecule has 0 radical (unpaired) electrons. The second kappa shape index (κ2) is 5.71. The number of alkyl halides is 3. The quantitative estimate of drug-likeness (QED) is 0.921. The Morgan fingerprint density at radius 2 is 1.81 bits per heavy atom. The van der Waals surface area contributed by atoms with Crippen LogP contribution in [0, 0.1) is 13.8 Å². The van der Waals surface area contributed by atoms with Crippen molar-refractivity contribution in [2.45, 2.75) is 26.9 Å². The molecule has 3 nitrogen and oxygen atoms in total. The van der Waals surface area contributed by atoms with Crippen molar-refractivity contribution in [2.75, 3.05) is 11.9 Å². The average molecular weight is 295 g/mol. The van der Waals surface area contributed by atoms with Crippen LogP contribution in [0.3, 0.4) is 0 Å². The first-order valence-corrected chi connectivity index (χ1v) is 6.59. The van der Waals surface area contributed by atoms with Crippen molar-refractivity contribution in [1.82, 2.24) is 9.97 Å². The van der Waals surface area contributed by atoms with E-state index in [-0.39, 0.29) is 0 Å². The Balaban J connectivity index is 2.47. The average Bonchev–Trinajstić information content (AvgIpc) is 2.37. The van der Waals surface area contributed by atoms with E-state index >= 15 is 0 Å². The Kier molecular flexibility index (Phi) is 4.16. The zero-order valence-electron chi connectivity index (χ0n) is 12.0. The number of halogens is 3. The van der Waals surface area contributed by atoms with Gasteiger partial charge in [-0.05, 0) is 38.5 Å². The maximum Gasteiger partial charge on any atom is 0.416 e.